The molecule has 1 unspecified atom stereocenters. The molecule has 0 aromatic carbocycles. The minimum absolute atomic E-state index is 0.128. The number of aryl methyl sites for hydroxylation is 1. The smallest absolute Gasteiger partial charge is 0.227 e. The third-order valence-electron chi connectivity index (χ3n) is 4.91. The van der Waals surface area contributed by atoms with Gasteiger partial charge in [-0.15, -0.1) is 11.3 Å². The molecule has 1 fully saturated rings. The normalized spacial score (nSPS) is 21.6. The number of thiophene rings is 1. The van der Waals surface area contributed by atoms with E-state index in [0.29, 0.717) is 5.91 Å². The van der Waals surface area contributed by atoms with Gasteiger partial charge in [0.15, 0.2) is 0 Å². The summed E-state index contributed by atoms with van der Waals surface area (Å²) in [6.45, 7) is 4.22. The van der Waals surface area contributed by atoms with E-state index in [9.17, 15) is 4.79 Å². The second kappa shape index (κ2) is 6.05. The van der Waals surface area contributed by atoms with Crippen molar-refractivity contribution < 1.29 is 4.79 Å². The van der Waals surface area contributed by atoms with Gasteiger partial charge in [0.05, 0.1) is 12.5 Å². The van der Waals surface area contributed by atoms with Gasteiger partial charge in [-0.3, -0.25) is 14.4 Å². The molecule has 6 nitrogen and oxygen atoms in total. The Kier molecular flexibility index (Phi) is 3.90. The van der Waals surface area contributed by atoms with Gasteiger partial charge in [0.1, 0.15) is 12.2 Å². The molecule has 2 aromatic heterocycles. The zero-order valence-corrected chi connectivity index (χ0v) is 14.1. The quantitative estimate of drug-likeness (QED) is 0.850. The van der Waals surface area contributed by atoms with Gasteiger partial charge in [-0.2, -0.15) is 5.10 Å². The zero-order valence-electron chi connectivity index (χ0n) is 13.3. The summed E-state index contributed by atoms with van der Waals surface area (Å²) in [6, 6.07) is 2.16. The third kappa shape index (κ3) is 2.90. The van der Waals surface area contributed by atoms with Crippen LogP contribution in [0.15, 0.2) is 17.8 Å². The zero-order chi connectivity index (χ0) is 15.8. The molecule has 0 aliphatic carbocycles. The lowest BCUT2D eigenvalue weighted by molar-refractivity contribution is -0.136. The number of fused-ring (bicyclic) bond motifs is 1. The Morgan fingerprint density at radius 3 is 3.17 bits per heavy atom. The fraction of sp³-hybridized carbons (Fsp3) is 0.562. The van der Waals surface area contributed by atoms with E-state index in [1.807, 2.05) is 23.3 Å². The van der Waals surface area contributed by atoms with Crippen LogP contribution in [-0.4, -0.2) is 50.1 Å². The van der Waals surface area contributed by atoms with E-state index < -0.39 is 0 Å². The highest BCUT2D eigenvalue weighted by Crippen LogP contribution is 2.27. The van der Waals surface area contributed by atoms with E-state index in [4.69, 9.17) is 0 Å². The Morgan fingerprint density at radius 1 is 1.43 bits per heavy atom. The van der Waals surface area contributed by atoms with Crippen LogP contribution in [0, 0.1) is 5.92 Å². The average molecular weight is 331 g/mol. The molecule has 23 heavy (non-hydrogen) atoms. The van der Waals surface area contributed by atoms with Crippen LogP contribution >= 0.6 is 11.3 Å². The van der Waals surface area contributed by atoms with Crippen LogP contribution < -0.4 is 0 Å². The maximum Gasteiger partial charge on any atom is 0.227 e. The van der Waals surface area contributed by atoms with Crippen LogP contribution in [-0.2, 0) is 31.4 Å². The Balaban J connectivity index is 1.36. The van der Waals surface area contributed by atoms with Gasteiger partial charge in [0.2, 0.25) is 5.91 Å². The van der Waals surface area contributed by atoms with Crippen LogP contribution in [0.2, 0.25) is 0 Å². The van der Waals surface area contributed by atoms with Crippen molar-refractivity contribution in [1.82, 2.24) is 24.6 Å². The highest BCUT2D eigenvalue weighted by molar-refractivity contribution is 7.10. The van der Waals surface area contributed by atoms with Crippen molar-refractivity contribution in [2.24, 2.45) is 13.0 Å². The summed E-state index contributed by atoms with van der Waals surface area (Å²) in [7, 11) is 1.91. The Bertz CT molecular complexity index is 709. The number of amides is 1. The summed E-state index contributed by atoms with van der Waals surface area (Å²) >= 11 is 1.81. The number of carbonyl (C=O) groups is 1. The first-order chi connectivity index (χ1) is 11.2. The number of hydrogen-bond donors (Lipinski definition) is 0. The van der Waals surface area contributed by atoms with Gasteiger partial charge in [-0.25, -0.2) is 4.98 Å². The molecule has 0 saturated carbocycles. The first kappa shape index (κ1) is 14.8. The number of likely N-dealkylation sites (tertiary alicyclic amines) is 1. The lowest BCUT2D eigenvalue weighted by Crippen LogP contribution is -2.40. The van der Waals surface area contributed by atoms with Crippen molar-refractivity contribution in [3.63, 3.8) is 0 Å². The molecular weight excluding hydrogens is 310 g/mol. The van der Waals surface area contributed by atoms with Gasteiger partial charge in [-0.1, -0.05) is 0 Å². The molecule has 0 spiro atoms. The number of nitrogens with zero attached hydrogens (tertiary/aromatic N) is 5. The molecular formula is C16H21N5OS. The van der Waals surface area contributed by atoms with Crippen LogP contribution in [0.3, 0.4) is 0 Å². The number of hydrogen-bond acceptors (Lipinski definition) is 5. The summed E-state index contributed by atoms with van der Waals surface area (Å²) in [4.78, 5) is 22.9. The molecule has 7 heteroatoms. The maximum atomic E-state index is 12.8. The van der Waals surface area contributed by atoms with E-state index in [1.165, 1.54) is 10.4 Å². The second-order valence-corrected chi connectivity index (χ2v) is 7.40. The van der Waals surface area contributed by atoms with Gasteiger partial charge < -0.3 is 4.90 Å². The molecule has 0 radical (unpaired) electrons. The molecule has 1 amide bonds. The van der Waals surface area contributed by atoms with Gasteiger partial charge >= 0.3 is 0 Å². The van der Waals surface area contributed by atoms with Crippen molar-refractivity contribution >= 4 is 17.2 Å². The minimum atomic E-state index is 0.128. The van der Waals surface area contributed by atoms with E-state index in [0.717, 1.165) is 51.4 Å². The Morgan fingerprint density at radius 2 is 2.35 bits per heavy atom. The van der Waals surface area contributed by atoms with Crippen molar-refractivity contribution in [3.05, 3.63) is 34.0 Å². The monoisotopic (exact) mass is 331 g/mol. The molecule has 0 N–H and O–H groups in total. The van der Waals surface area contributed by atoms with Crippen LogP contribution in [0.1, 0.15) is 22.7 Å². The van der Waals surface area contributed by atoms with E-state index in [1.54, 1.807) is 11.0 Å². The molecule has 122 valence electrons. The van der Waals surface area contributed by atoms with Gasteiger partial charge in [-0.05, 0) is 36.4 Å². The number of carbonyl (C=O) groups excluding carboxylic acids is 1. The molecule has 0 bridgehead atoms. The van der Waals surface area contributed by atoms with Crippen molar-refractivity contribution in [3.8, 4) is 0 Å². The molecule has 2 aliphatic heterocycles. The first-order valence-corrected chi connectivity index (χ1v) is 8.98. The van der Waals surface area contributed by atoms with Crippen molar-refractivity contribution in [2.75, 3.05) is 19.6 Å². The Hall–Kier alpha value is -1.73. The Labute approximate surface area is 139 Å². The van der Waals surface area contributed by atoms with E-state index >= 15 is 0 Å². The van der Waals surface area contributed by atoms with Crippen molar-refractivity contribution in [2.45, 2.75) is 25.9 Å². The molecule has 4 rings (SSSR count). The fourth-order valence-electron chi connectivity index (χ4n) is 3.54. The number of rotatable bonds is 3. The van der Waals surface area contributed by atoms with Crippen molar-refractivity contribution in [1.29, 1.82) is 0 Å². The summed E-state index contributed by atoms with van der Waals surface area (Å²) in [6.07, 6.45) is 3.54. The van der Waals surface area contributed by atoms with E-state index in [2.05, 4.69) is 26.4 Å². The van der Waals surface area contributed by atoms with Crippen LogP contribution in [0.4, 0.5) is 0 Å². The molecule has 2 aromatic rings. The third-order valence-corrected chi connectivity index (χ3v) is 5.93. The predicted octanol–water partition coefficient (Wildman–Crippen LogP) is 1.28. The van der Waals surface area contributed by atoms with Gasteiger partial charge in [0.25, 0.3) is 0 Å². The molecule has 1 saturated heterocycles. The van der Waals surface area contributed by atoms with Crippen LogP contribution in [0.25, 0.3) is 0 Å². The first-order valence-electron chi connectivity index (χ1n) is 8.10. The molecule has 1 atom stereocenters. The van der Waals surface area contributed by atoms with E-state index in [-0.39, 0.29) is 5.92 Å². The lowest BCUT2D eigenvalue weighted by atomic mass is 10.0. The lowest BCUT2D eigenvalue weighted by Gasteiger charge is -2.29. The SMILES string of the molecule is Cn1ncnc1CN1CCC(C(=O)N2CCc3sccc3C2)C1. The average Bonchev–Trinajstić information content (AvgIpc) is 3.28. The highest BCUT2D eigenvalue weighted by atomic mass is 32.1. The van der Waals surface area contributed by atoms with Gasteiger partial charge in [0, 0.05) is 31.6 Å². The summed E-state index contributed by atoms with van der Waals surface area (Å²) in [5.74, 6) is 1.41. The summed E-state index contributed by atoms with van der Waals surface area (Å²) in [5.41, 5.74) is 1.34. The fourth-order valence-corrected chi connectivity index (χ4v) is 4.43. The maximum absolute atomic E-state index is 12.8. The standard InChI is InChI=1S/C16H21N5OS/c1-19-15(17-11-18-19)10-20-5-2-13(8-20)16(22)21-6-3-14-12(9-21)4-7-23-14/h4,7,11,13H,2-3,5-6,8-10H2,1H3. The minimum Gasteiger partial charge on any atom is -0.338 e. The highest BCUT2D eigenvalue weighted by Gasteiger charge is 2.33. The number of aromatic nitrogens is 3. The topological polar surface area (TPSA) is 54.3 Å². The summed E-state index contributed by atoms with van der Waals surface area (Å²) < 4.78 is 1.80. The second-order valence-electron chi connectivity index (χ2n) is 6.40. The summed E-state index contributed by atoms with van der Waals surface area (Å²) in [5, 5.41) is 6.24. The largest absolute Gasteiger partial charge is 0.338 e. The van der Waals surface area contributed by atoms with Crippen LogP contribution in [0.5, 0.6) is 0 Å². The molecule has 4 heterocycles. The predicted molar refractivity (Wildman–Crippen MR) is 87.8 cm³/mol. The molecule has 2 aliphatic rings.